The SMILES string of the molecule is C/C(=N\N=C1/NC(=O)[C@H](Cc2ccc(C)cc2)S1)c1ccc(F)cc1. The molecule has 0 unspecified atom stereocenters. The van der Waals surface area contributed by atoms with Crippen LogP contribution >= 0.6 is 11.8 Å². The molecule has 2 aromatic carbocycles. The fourth-order valence-corrected chi connectivity index (χ4v) is 3.35. The summed E-state index contributed by atoms with van der Waals surface area (Å²) in [6.07, 6.45) is 0.649. The zero-order chi connectivity index (χ0) is 17.8. The number of nitrogens with zero attached hydrogens (tertiary/aromatic N) is 2. The fraction of sp³-hybridized carbons (Fsp3) is 0.211. The highest BCUT2D eigenvalue weighted by Gasteiger charge is 2.30. The predicted molar refractivity (Wildman–Crippen MR) is 100 cm³/mol. The summed E-state index contributed by atoms with van der Waals surface area (Å²) in [6.45, 7) is 3.83. The molecule has 1 heterocycles. The quantitative estimate of drug-likeness (QED) is 0.672. The molecule has 1 amide bonds. The van der Waals surface area contributed by atoms with E-state index in [9.17, 15) is 9.18 Å². The van der Waals surface area contributed by atoms with E-state index in [1.807, 2.05) is 31.2 Å². The molecule has 1 saturated heterocycles. The predicted octanol–water partition coefficient (Wildman–Crippen LogP) is 3.69. The van der Waals surface area contributed by atoms with Gasteiger partial charge in [0.25, 0.3) is 0 Å². The van der Waals surface area contributed by atoms with Crippen LogP contribution in [-0.2, 0) is 11.2 Å². The van der Waals surface area contributed by atoms with Crippen molar-refractivity contribution in [1.29, 1.82) is 0 Å². The topological polar surface area (TPSA) is 53.8 Å². The average Bonchev–Trinajstić information content (AvgIpc) is 2.95. The summed E-state index contributed by atoms with van der Waals surface area (Å²) in [5.41, 5.74) is 3.76. The Morgan fingerprint density at radius 2 is 1.84 bits per heavy atom. The van der Waals surface area contributed by atoms with Crippen LogP contribution in [0.5, 0.6) is 0 Å². The van der Waals surface area contributed by atoms with Crippen LogP contribution in [0.25, 0.3) is 0 Å². The van der Waals surface area contributed by atoms with Crippen LogP contribution in [0.2, 0.25) is 0 Å². The third-order valence-electron chi connectivity index (χ3n) is 3.87. The molecule has 1 N–H and O–H groups in total. The third-order valence-corrected chi connectivity index (χ3v) is 4.94. The highest BCUT2D eigenvalue weighted by atomic mass is 32.2. The minimum atomic E-state index is -0.291. The van der Waals surface area contributed by atoms with E-state index in [0.29, 0.717) is 17.3 Å². The number of nitrogens with one attached hydrogen (secondary N) is 1. The van der Waals surface area contributed by atoms with Crippen LogP contribution in [0.1, 0.15) is 23.6 Å². The van der Waals surface area contributed by atoms with E-state index in [4.69, 9.17) is 0 Å². The Bertz CT molecular complexity index is 829. The number of thioether (sulfide) groups is 1. The summed E-state index contributed by atoms with van der Waals surface area (Å²) in [6, 6.07) is 14.2. The molecule has 1 fully saturated rings. The number of rotatable bonds is 4. The van der Waals surface area contributed by atoms with E-state index in [-0.39, 0.29) is 17.0 Å². The van der Waals surface area contributed by atoms with Gasteiger partial charge in [-0.25, -0.2) is 4.39 Å². The van der Waals surface area contributed by atoms with Crippen molar-refractivity contribution < 1.29 is 9.18 Å². The van der Waals surface area contributed by atoms with E-state index < -0.39 is 0 Å². The second-order valence-electron chi connectivity index (χ2n) is 5.88. The number of benzene rings is 2. The molecule has 2 aromatic rings. The molecule has 0 aromatic heterocycles. The van der Waals surface area contributed by atoms with Gasteiger partial charge >= 0.3 is 0 Å². The van der Waals surface area contributed by atoms with Gasteiger partial charge in [0.1, 0.15) is 5.82 Å². The molecule has 0 radical (unpaired) electrons. The van der Waals surface area contributed by atoms with Gasteiger partial charge in [0, 0.05) is 0 Å². The molecular weight excluding hydrogens is 337 g/mol. The maximum Gasteiger partial charge on any atom is 0.239 e. The van der Waals surface area contributed by atoms with E-state index in [0.717, 1.165) is 11.1 Å². The summed E-state index contributed by atoms with van der Waals surface area (Å²) in [7, 11) is 0. The molecule has 6 heteroatoms. The first kappa shape index (κ1) is 17.4. The highest BCUT2D eigenvalue weighted by Crippen LogP contribution is 2.23. The smallest absolute Gasteiger partial charge is 0.239 e. The molecular formula is C19H18FN3OS. The average molecular weight is 355 g/mol. The number of hydrogen-bond acceptors (Lipinski definition) is 4. The van der Waals surface area contributed by atoms with E-state index >= 15 is 0 Å². The lowest BCUT2D eigenvalue weighted by atomic mass is 10.1. The lowest BCUT2D eigenvalue weighted by Crippen LogP contribution is -2.25. The lowest BCUT2D eigenvalue weighted by molar-refractivity contribution is -0.118. The number of amides is 1. The van der Waals surface area contributed by atoms with E-state index in [1.165, 1.54) is 29.5 Å². The molecule has 1 aliphatic heterocycles. The molecule has 0 spiro atoms. The number of hydrogen-bond donors (Lipinski definition) is 1. The molecule has 0 saturated carbocycles. The number of halogens is 1. The standard InChI is InChI=1S/C19H18FN3OS/c1-12-3-5-14(6-4-12)11-17-18(24)21-19(25-17)23-22-13(2)15-7-9-16(20)10-8-15/h3-10,17H,11H2,1-2H3,(H,21,23,24)/b22-13+/t17-/m0/s1. The lowest BCUT2D eigenvalue weighted by Gasteiger charge is -2.05. The maximum atomic E-state index is 13.0. The zero-order valence-electron chi connectivity index (χ0n) is 14.0. The van der Waals surface area contributed by atoms with Gasteiger partial charge in [-0.3, -0.25) is 4.79 Å². The Morgan fingerprint density at radius 3 is 2.52 bits per heavy atom. The second-order valence-corrected chi connectivity index (χ2v) is 7.07. The van der Waals surface area contributed by atoms with Gasteiger partial charge in [0.2, 0.25) is 5.91 Å². The Morgan fingerprint density at radius 1 is 1.16 bits per heavy atom. The van der Waals surface area contributed by atoms with Gasteiger partial charge in [-0.1, -0.05) is 53.7 Å². The monoisotopic (exact) mass is 355 g/mol. The summed E-state index contributed by atoms with van der Waals surface area (Å²) >= 11 is 1.38. The summed E-state index contributed by atoms with van der Waals surface area (Å²) < 4.78 is 13.0. The van der Waals surface area contributed by atoms with E-state index in [2.05, 4.69) is 15.5 Å². The third kappa shape index (κ3) is 4.54. The summed E-state index contributed by atoms with van der Waals surface area (Å²) in [4.78, 5) is 12.1. The van der Waals surface area contributed by atoms with Crippen molar-refractivity contribution in [3.63, 3.8) is 0 Å². The first-order valence-electron chi connectivity index (χ1n) is 7.92. The van der Waals surface area contributed by atoms with Crippen molar-refractivity contribution in [3.05, 3.63) is 71.0 Å². The van der Waals surface area contributed by atoms with Crippen molar-refractivity contribution in [3.8, 4) is 0 Å². The Balaban J connectivity index is 1.66. The van der Waals surface area contributed by atoms with Crippen LogP contribution < -0.4 is 5.32 Å². The van der Waals surface area contributed by atoms with Crippen LogP contribution in [0.3, 0.4) is 0 Å². The zero-order valence-corrected chi connectivity index (χ0v) is 14.8. The van der Waals surface area contributed by atoms with Crippen molar-refractivity contribution in [2.75, 3.05) is 0 Å². The number of carbonyl (C=O) groups excluding carboxylic acids is 1. The van der Waals surface area contributed by atoms with Gasteiger partial charge in [0.05, 0.1) is 11.0 Å². The largest absolute Gasteiger partial charge is 0.303 e. The molecule has 25 heavy (non-hydrogen) atoms. The van der Waals surface area contributed by atoms with Crippen molar-refractivity contribution in [2.24, 2.45) is 10.2 Å². The maximum absolute atomic E-state index is 13.0. The molecule has 0 bridgehead atoms. The highest BCUT2D eigenvalue weighted by molar-refractivity contribution is 8.15. The molecule has 3 rings (SSSR count). The fourth-order valence-electron chi connectivity index (χ4n) is 2.39. The van der Waals surface area contributed by atoms with Crippen molar-refractivity contribution in [2.45, 2.75) is 25.5 Å². The first-order valence-corrected chi connectivity index (χ1v) is 8.80. The summed E-state index contributed by atoms with van der Waals surface area (Å²) in [5.74, 6) is -0.348. The first-order chi connectivity index (χ1) is 12.0. The van der Waals surface area contributed by atoms with Crippen molar-refractivity contribution in [1.82, 2.24) is 5.32 Å². The number of amidine groups is 1. The van der Waals surface area contributed by atoms with Crippen LogP contribution in [0, 0.1) is 12.7 Å². The van der Waals surface area contributed by atoms with Crippen LogP contribution in [0.4, 0.5) is 4.39 Å². The molecule has 128 valence electrons. The summed E-state index contributed by atoms with van der Waals surface area (Å²) in [5, 5.41) is 11.3. The Hall–Kier alpha value is -2.47. The Labute approximate surface area is 150 Å². The molecule has 4 nitrogen and oxygen atoms in total. The van der Waals surface area contributed by atoms with Crippen LogP contribution in [0.15, 0.2) is 58.7 Å². The molecule has 0 aliphatic carbocycles. The Kier molecular flexibility index (Phi) is 5.28. The molecule has 1 aliphatic rings. The normalized spacial score (nSPS) is 19.3. The van der Waals surface area contributed by atoms with Gasteiger partial charge < -0.3 is 5.32 Å². The van der Waals surface area contributed by atoms with Gasteiger partial charge in [0.15, 0.2) is 5.17 Å². The van der Waals surface area contributed by atoms with Gasteiger partial charge in [-0.15, -0.1) is 5.10 Å². The van der Waals surface area contributed by atoms with Gasteiger partial charge in [-0.2, -0.15) is 5.10 Å². The number of aryl methyl sites for hydroxylation is 1. The van der Waals surface area contributed by atoms with E-state index in [1.54, 1.807) is 19.1 Å². The van der Waals surface area contributed by atoms with Crippen LogP contribution in [-0.4, -0.2) is 22.0 Å². The van der Waals surface area contributed by atoms with Gasteiger partial charge in [-0.05, 0) is 43.5 Å². The van der Waals surface area contributed by atoms with Crippen molar-refractivity contribution >= 4 is 28.5 Å². The minimum Gasteiger partial charge on any atom is -0.303 e. The second kappa shape index (κ2) is 7.61. The molecule has 1 atom stereocenters. The minimum absolute atomic E-state index is 0.0565. The number of carbonyl (C=O) groups is 1.